The first-order valence-electron chi connectivity index (χ1n) is 4.86. The van der Waals surface area contributed by atoms with Crippen LogP contribution in [0.1, 0.15) is 17.3 Å². The lowest BCUT2D eigenvalue weighted by Gasteiger charge is -2.16. The quantitative estimate of drug-likeness (QED) is 0.478. The number of Topliss-reactive ketones (excluding diaryl/α,β-unsaturated/α-hetero) is 1. The topological polar surface area (TPSA) is 26.3 Å². The minimum Gasteiger partial charge on any atom is -0.491 e. The SMILES string of the molecule is CC(=O)c1cc(F)ccc1OCC(Br)C(F)(F)F. The standard InChI is InChI=1S/C11H9BrF4O2/c1-6(17)8-4-7(13)2-3-9(8)18-5-10(12)11(14,15)16/h2-4,10H,5H2,1H3. The average Bonchev–Trinajstić information content (AvgIpc) is 2.25. The van der Waals surface area contributed by atoms with Gasteiger partial charge in [0.1, 0.15) is 23.0 Å². The molecule has 7 heteroatoms. The maximum Gasteiger partial charge on any atom is 0.404 e. The van der Waals surface area contributed by atoms with E-state index in [4.69, 9.17) is 4.74 Å². The van der Waals surface area contributed by atoms with Gasteiger partial charge in [-0.25, -0.2) is 4.39 Å². The van der Waals surface area contributed by atoms with Crippen LogP contribution in [0.2, 0.25) is 0 Å². The number of hydrogen-bond acceptors (Lipinski definition) is 2. The van der Waals surface area contributed by atoms with E-state index < -0.39 is 29.2 Å². The number of ketones is 1. The highest BCUT2D eigenvalue weighted by Gasteiger charge is 2.38. The predicted molar refractivity (Wildman–Crippen MR) is 60.7 cm³/mol. The first-order chi connectivity index (χ1) is 8.21. The monoisotopic (exact) mass is 328 g/mol. The molecule has 0 aliphatic carbocycles. The molecule has 0 aromatic heterocycles. The maximum atomic E-state index is 12.9. The molecule has 1 aromatic rings. The van der Waals surface area contributed by atoms with E-state index in [0.29, 0.717) is 0 Å². The summed E-state index contributed by atoms with van der Waals surface area (Å²) in [6, 6.07) is 3.06. The summed E-state index contributed by atoms with van der Waals surface area (Å²) in [6.07, 6.45) is -4.45. The van der Waals surface area contributed by atoms with Crippen LogP contribution < -0.4 is 4.74 Å². The van der Waals surface area contributed by atoms with Crippen molar-refractivity contribution in [3.8, 4) is 5.75 Å². The number of ether oxygens (including phenoxy) is 1. The van der Waals surface area contributed by atoms with E-state index in [0.717, 1.165) is 18.2 Å². The Labute approximate surface area is 109 Å². The fourth-order valence-electron chi connectivity index (χ4n) is 1.16. The zero-order valence-electron chi connectivity index (χ0n) is 9.22. The fraction of sp³-hybridized carbons (Fsp3) is 0.364. The molecule has 1 atom stereocenters. The number of carbonyl (C=O) groups is 1. The van der Waals surface area contributed by atoms with Gasteiger partial charge in [-0.2, -0.15) is 13.2 Å². The third-order valence-corrected chi connectivity index (χ3v) is 2.84. The second-order valence-corrected chi connectivity index (χ2v) is 4.62. The average molecular weight is 329 g/mol. The van der Waals surface area contributed by atoms with E-state index in [2.05, 4.69) is 15.9 Å². The van der Waals surface area contributed by atoms with Gasteiger partial charge < -0.3 is 4.74 Å². The Bertz CT molecular complexity index is 445. The van der Waals surface area contributed by atoms with Gasteiger partial charge in [0, 0.05) is 0 Å². The van der Waals surface area contributed by atoms with Crippen molar-refractivity contribution in [2.45, 2.75) is 17.9 Å². The number of carbonyl (C=O) groups excluding carboxylic acids is 1. The summed E-state index contributed by atoms with van der Waals surface area (Å²) in [6.45, 7) is 0.479. The highest BCUT2D eigenvalue weighted by Crippen LogP contribution is 2.28. The molecule has 100 valence electrons. The van der Waals surface area contributed by atoms with Gasteiger partial charge in [-0.15, -0.1) is 0 Å². The summed E-state index contributed by atoms with van der Waals surface area (Å²) in [5, 5.41) is 0. The van der Waals surface area contributed by atoms with Crippen LogP contribution in [0, 0.1) is 5.82 Å². The Hall–Kier alpha value is -1.11. The summed E-state index contributed by atoms with van der Waals surface area (Å²) < 4.78 is 54.4. The first-order valence-corrected chi connectivity index (χ1v) is 5.77. The van der Waals surface area contributed by atoms with Gasteiger partial charge in [-0.3, -0.25) is 4.79 Å². The molecule has 1 aromatic carbocycles. The van der Waals surface area contributed by atoms with Crippen LogP contribution in [0.5, 0.6) is 5.75 Å². The van der Waals surface area contributed by atoms with Crippen molar-refractivity contribution in [2.75, 3.05) is 6.61 Å². The van der Waals surface area contributed by atoms with Gasteiger partial charge in [-0.1, -0.05) is 15.9 Å². The van der Waals surface area contributed by atoms with Gasteiger partial charge in [0.05, 0.1) is 5.56 Å². The highest BCUT2D eigenvalue weighted by molar-refractivity contribution is 9.09. The Morgan fingerprint density at radius 1 is 1.44 bits per heavy atom. The number of alkyl halides is 4. The summed E-state index contributed by atoms with van der Waals surface area (Å²) in [5.74, 6) is -1.21. The molecular formula is C11H9BrF4O2. The molecule has 0 amide bonds. The Morgan fingerprint density at radius 3 is 2.56 bits per heavy atom. The lowest BCUT2D eigenvalue weighted by atomic mass is 10.1. The van der Waals surface area contributed by atoms with Crippen LogP contribution in [0.25, 0.3) is 0 Å². The zero-order chi connectivity index (χ0) is 13.9. The number of rotatable bonds is 4. The molecule has 0 fully saturated rings. The lowest BCUT2D eigenvalue weighted by Crippen LogP contribution is -2.29. The largest absolute Gasteiger partial charge is 0.491 e. The van der Waals surface area contributed by atoms with Crippen molar-refractivity contribution in [3.05, 3.63) is 29.6 Å². The van der Waals surface area contributed by atoms with Gasteiger partial charge in [-0.05, 0) is 25.1 Å². The molecule has 0 saturated heterocycles. The van der Waals surface area contributed by atoms with Crippen molar-refractivity contribution >= 4 is 21.7 Å². The van der Waals surface area contributed by atoms with Crippen molar-refractivity contribution in [1.82, 2.24) is 0 Å². The molecule has 1 unspecified atom stereocenters. The molecule has 2 nitrogen and oxygen atoms in total. The van der Waals surface area contributed by atoms with E-state index in [1.165, 1.54) is 6.92 Å². The molecular weight excluding hydrogens is 320 g/mol. The van der Waals surface area contributed by atoms with Gasteiger partial charge >= 0.3 is 6.18 Å². The molecule has 0 heterocycles. The minimum atomic E-state index is -4.45. The van der Waals surface area contributed by atoms with Gasteiger partial charge in [0.15, 0.2) is 5.78 Å². The first kappa shape index (κ1) is 14.9. The molecule has 0 radical (unpaired) electrons. The van der Waals surface area contributed by atoms with Crippen LogP contribution in [-0.2, 0) is 0 Å². The van der Waals surface area contributed by atoms with Crippen LogP contribution >= 0.6 is 15.9 Å². The van der Waals surface area contributed by atoms with Crippen molar-refractivity contribution in [1.29, 1.82) is 0 Å². The second-order valence-electron chi connectivity index (χ2n) is 3.52. The maximum absolute atomic E-state index is 12.9. The minimum absolute atomic E-state index is 0.0717. The Balaban J connectivity index is 2.82. The Morgan fingerprint density at radius 2 is 2.06 bits per heavy atom. The highest BCUT2D eigenvalue weighted by atomic mass is 79.9. The predicted octanol–water partition coefficient (Wildman–Crippen LogP) is 3.73. The zero-order valence-corrected chi connectivity index (χ0v) is 10.8. The fourth-order valence-corrected chi connectivity index (χ4v) is 1.29. The van der Waals surface area contributed by atoms with E-state index in [1.54, 1.807) is 0 Å². The summed E-state index contributed by atoms with van der Waals surface area (Å²) in [7, 11) is 0. The van der Waals surface area contributed by atoms with Gasteiger partial charge in [0.2, 0.25) is 0 Å². The van der Waals surface area contributed by atoms with E-state index in [9.17, 15) is 22.4 Å². The molecule has 0 N–H and O–H groups in total. The Kier molecular flexibility index (Phi) is 4.72. The van der Waals surface area contributed by atoms with Crippen molar-refractivity contribution < 1.29 is 27.1 Å². The molecule has 0 spiro atoms. The number of halogens is 5. The molecule has 1 rings (SSSR count). The smallest absolute Gasteiger partial charge is 0.404 e. The van der Waals surface area contributed by atoms with Crippen molar-refractivity contribution in [2.24, 2.45) is 0 Å². The van der Waals surface area contributed by atoms with E-state index in [-0.39, 0.29) is 11.3 Å². The van der Waals surface area contributed by atoms with Crippen LogP contribution in [0.15, 0.2) is 18.2 Å². The van der Waals surface area contributed by atoms with Crippen molar-refractivity contribution in [3.63, 3.8) is 0 Å². The van der Waals surface area contributed by atoms with Gasteiger partial charge in [0.25, 0.3) is 0 Å². The molecule has 0 aliphatic rings. The van der Waals surface area contributed by atoms with Crippen LogP contribution in [-0.4, -0.2) is 23.4 Å². The van der Waals surface area contributed by atoms with Crippen LogP contribution in [0.4, 0.5) is 17.6 Å². The summed E-state index contributed by atoms with van der Waals surface area (Å²) in [5.41, 5.74) is -0.0862. The second kappa shape index (κ2) is 5.69. The third-order valence-electron chi connectivity index (χ3n) is 2.06. The number of benzene rings is 1. The third kappa shape index (κ3) is 3.97. The molecule has 0 saturated carbocycles. The normalized spacial score (nSPS) is 13.2. The summed E-state index contributed by atoms with van der Waals surface area (Å²) in [4.78, 5) is 9.33. The summed E-state index contributed by atoms with van der Waals surface area (Å²) >= 11 is 2.42. The van der Waals surface area contributed by atoms with E-state index >= 15 is 0 Å². The molecule has 18 heavy (non-hydrogen) atoms. The van der Waals surface area contributed by atoms with E-state index in [1.807, 2.05) is 0 Å². The molecule has 0 bridgehead atoms. The van der Waals surface area contributed by atoms with Crippen LogP contribution in [0.3, 0.4) is 0 Å². The lowest BCUT2D eigenvalue weighted by molar-refractivity contribution is -0.132. The molecule has 0 aliphatic heterocycles. The number of hydrogen-bond donors (Lipinski definition) is 0.